The molecule has 0 unspecified atom stereocenters. The Morgan fingerprint density at radius 2 is 1.96 bits per heavy atom. The van der Waals surface area contributed by atoms with Gasteiger partial charge in [-0.05, 0) is 45.5 Å². The maximum atomic E-state index is 4.83. The van der Waals surface area contributed by atoms with Crippen molar-refractivity contribution in [2.45, 2.75) is 32.2 Å². The van der Waals surface area contributed by atoms with Crippen LogP contribution in [0.5, 0.6) is 0 Å². The van der Waals surface area contributed by atoms with E-state index in [-0.39, 0.29) is 0 Å². The number of fused-ring (bicyclic) bond motifs is 1. The molecule has 0 radical (unpaired) electrons. The van der Waals surface area contributed by atoms with Gasteiger partial charge in [0.05, 0.1) is 11.1 Å². The third kappa shape index (κ3) is 3.14. The van der Waals surface area contributed by atoms with Crippen LogP contribution >= 0.6 is 0 Å². The van der Waals surface area contributed by atoms with E-state index in [2.05, 4.69) is 27.3 Å². The number of nitrogens with zero attached hydrogens (tertiary/aromatic N) is 6. The van der Waals surface area contributed by atoms with Crippen molar-refractivity contribution in [1.29, 1.82) is 0 Å². The summed E-state index contributed by atoms with van der Waals surface area (Å²) in [5, 5.41) is 9.14. The number of likely N-dealkylation sites (N-methyl/N-ethyl adjacent to an activating group) is 1. The molecule has 136 valence electrons. The second-order valence-corrected chi connectivity index (χ2v) is 7.05. The Bertz CT molecular complexity index is 903. The van der Waals surface area contributed by atoms with Crippen LogP contribution in [0.2, 0.25) is 0 Å². The van der Waals surface area contributed by atoms with Crippen LogP contribution in [-0.4, -0.2) is 55.8 Å². The maximum Gasteiger partial charge on any atom is 0.164 e. The van der Waals surface area contributed by atoms with Crippen LogP contribution in [0.1, 0.15) is 25.0 Å². The average Bonchev–Trinajstić information content (AvgIpc) is 2.95. The first-order valence-corrected chi connectivity index (χ1v) is 9.19. The van der Waals surface area contributed by atoms with Crippen LogP contribution in [0.25, 0.3) is 22.4 Å². The molecule has 0 spiro atoms. The van der Waals surface area contributed by atoms with Crippen molar-refractivity contribution in [1.82, 2.24) is 29.6 Å². The minimum Gasteiger partial charge on any atom is -0.368 e. The first-order valence-electron chi connectivity index (χ1n) is 9.19. The van der Waals surface area contributed by atoms with Crippen LogP contribution in [0.4, 0.5) is 5.82 Å². The number of likely N-dealkylation sites (tertiary alicyclic amines) is 1. The minimum atomic E-state index is 0.537. The number of pyridine rings is 1. The molecule has 1 atom stereocenters. The van der Waals surface area contributed by atoms with Gasteiger partial charge in [-0.3, -0.25) is 9.67 Å². The molecular weight excluding hydrogens is 326 g/mol. The number of aryl methyl sites for hydroxylation is 2. The summed E-state index contributed by atoms with van der Waals surface area (Å²) < 4.78 is 1.83. The Balaban J connectivity index is 1.72. The molecule has 1 fully saturated rings. The van der Waals surface area contributed by atoms with Gasteiger partial charge in [-0.15, -0.1) is 0 Å². The molecule has 4 rings (SSSR count). The maximum absolute atomic E-state index is 4.83. The zero-order valence-corrected chi connectivity index (χ0v) is 15.6. The Morgan fingerprint density at radius 3 is 2.73 bits per heavy atom. The molecule has 0 saturated carbocycles. The molecule has 0 amide bonds. The average molecular weight is 351 g/mol. The molecular formula is C19H25N7. The Hall–Kier alpha value is -2.54. The molecule has 1 saturated heterocycles. The zero-order valence-electron chi connectivity index (χ0n) is 15.6. The molecule has 1 aliphatic heterocycles. The second-order valence-electron chi connectivity index (χ2n) is 7.05. The van der Waals surface area contributed by atoms with E-state index in [9.17, 15) is 0 Å². The standard InChI is InChI=1S/C19H25N7/c1-13-16-18(21-12-15-6-4-5-11-25(15)2)22-17(14-7-9-20-10-8-14)23-19(16)26(3)24-13/h7-10,15H,4-6,11-12H2,1-3H3,(H,21,22,23)/t15-/m1/s1. The van der Waals surface area contributed by atoms with E-state index in [0.29, 0.717) is 11.9 Å². The van der Waals surface area contributed by atoms with Crippen molar-refractivity contribution in [2.75, 3.05) is 25.5 Å². The Labute approximate surface area is 153 Å². The van der Waals surface area contributed by atoms with E-state index in [4.69, 9.17) is 9.97 Å². The Morgan fingerprint density at radius 1 is 1.15 bits per heavy atom. The molecule has 0 aromatic carbocycles. The molecule has 1 aliphatic rings. The first kappa shape index (κ1) is 16.9. The van der Waals surface area contributed by atoms with Crippen molar-refractivity contribution in [3.63, 3.8) is 0 Å². The molecule has 26 heavy (non-hydrogen) atoms. The molecule has 0 bridgehead atoms. The van der Waals surface area contributed by atoms with Crippen LogP contribution in [-0.2, 0) is 7.05 Å². The monoisotopic (exact) mass is 351 g/mol. The van der Waals surface area contributed by atoms with Gasteiger partial charge in [-0.2, -0.15) is 5.10 Å². The summed E-state index contributed by atoms with van der Waals surface area (Å²) in [5.41, 5.74) is 2.76. The summed E-state index contributed by atoms with van der Waals surface area (Å²) in [6.07, 6.45) is 7.34. The largest absolute Gasteiger partial charge is 0.368 e. The van der Waals surface area contributed by atoms with Crippen molar-refractivity contribution in [3.05, 3.63) is 30.2 Å². The fraction of sp³-hybridized carbons (Fsp3) is 0.474. The molecule has 1 N–H and O–H groups in total. The van der Waals surface area contributed by atoms with Crippen molar-refractivity contribution < 1.29 is 0 Å². The zero-order chi connectivity index (χ0) is 18.1. The molecule has 4 heterocycles. The summed E-state index contributed by atoms with van der Waals surface area (Å²) >= 11 is 0. The topological polar surface area (TPSA) is 71.8 Å². The summed E-state index contributed by atoms with van der Waals surface area (Å²) in [7, 11) is 4.14. The highest BCUT2D eigenvalue weighted by atomic mass is 15.3. The number of hydrogen-bond donors (Lipinski definition) is 1. The van der Waals surface area contributed by atoms with Crippen molar-refractivity contribution >= 4 is 16.9 Å². The molecule has 7 heteroatoms. The van der Waals surface area contributed by atoms with Crippen LogP contribution in [0.3, 0.4) is 0 Å². The smallest absolute Gasteiger partial charge is 0.164 e. The first-order chi connectivity index (χ1) is 12.6. The molecule has 3 aromatic heterocycles. The Kier molecular flexibility index (Phi) is 4.55. The highest BCUT2D eigenvalue weighted by Crippen LogP contribution is 2.27. The number of nitrogens with one attached hydrogen (secondary N) is 1. The molecule has 7 nitrogen and oxygen atoms in total. The fourth-order valence-electron chi connectivity index (χ4n) is 3.71. The van der Waals surface area contributed by atoms with Crippen molar-refractivity contribution in [3.8, 4) is 11.4 Å². The SMILES string of the molecule is Cc1nn(C)c2nc(-c3ccncc3)nc(NC[C@H]3CCCCN3C)c12. The summed E-state index contributed by atoms with van der Waals surface area (Å²) in [6.45, 7) is 4.06. The van der Waals surface area contributed by atoms with Gasteiger partial charge in [-0.25, -0.2) is 9.97 Å². The van der Waals surface area contributed by atoms with E-state index in [1.165, 1.54) is 25.8 Å². The van der Waals surface area contributed by atoms with Crippen LogP contribution < -0.4 is 5.32 Å². The van der Waals surface area contributed by atoms with Gasteiger partial charge in [0.1, 0.15) is 5.82 Å². The lowest BCUT2D eigenvalue weighted by Gasteiger charge is -2.32. The number of hydrogen-bond acceptors (Lipinski definition) is 6. The van der Waals surface area contributed by atoms with E-state index in [0.717, 1.165) is 34.7 Å². The van der Waals surface area contributed by atoms with Crippen LogP contribution in [0.15, 0.2) is 24.5 Å². The summed E-state index contributed by atoms with van der Waals surface area (Å²) in [4.78, 5) is 16.1. The van der Waals surface area contributed by atoms with E-state index >= 15 is 0 Å². The second kappa shape index (κ2) is 6.99. The van der Waals surface area contributed by atoms with Gasteiger partial charge in [0, 0.05) is 37.6 Å². The van der Waals surface area contributed by atoms with Gasteiger partial charge >= 0.3 is 0 Å². The molecule has 3 aromatic rings. The molecule has 0 aliphatic carbocycles. The lowest BCUT2D eigenvalue weighted by atomic mass is 10.0. The van der Waals surface area contributed by atoms with E-state index in [1.807, 2.05) is 30.8 Å². The number of piperidine rings is 1. The van der Waals surface area contributed by atoms with Gasteiger partial charge in [0.15, 0.2) is 11.5 Å². The minimum absolute atomic E-state index is 0.537. The van der Waals surface area contributed by atoms with Gasteiger partial charge in [-0.1, -0.05) is 6.42 Å². The lowest BCUT2D eigenvalue weighted by molar-refractivity contribution is 0.194. The highest BCUT2D eigenvalue weighted by molar-refractivity contribution is 5.90. The van der Waals surface area contributed by atoms with Gasteiger partial charge in [0.2, 0.25) is 0 Å². The highest BCUT2D eigenvalue weighted by Gasteiger charge is 2.21. The third-order valence-corrected chi connectivity index (χ3v) is 5.22. The van der Waals surface area contributed by atoms with Gasteiger partial charge in [0.25, 0.3) is 0 Å². The van der Waals surface area contributed by atoms with Gasteiger partial charge < -0.3 is 10.2 Å². The number of aromatic nitrogens is 5. The summed E-state index contributed by atoms with van der Waals surface area (Å²) in [5.74, 6) is 1.56. The van der Waals surface area contributed by atoms with Crippen molar-refractivity contribution in [2.24, 2.45) is 7.05 Å². The van der Waals surface area contributed by atoms with Crippen LogP contribution in [0, 0.1) is 6.92 Å². The normalized spacial score (nSPS) is 18.3. The third-order valence-electron chi connectivity index (χ3n) is 5.22. The quantitative estimate of drug-likeness (QED) is 0.779. The lowest BCUT2D eigenvalue weighted by Crippen LogP contribution is -2.40. The van der Waals surface area contributed by atoms with E-state index < -0.39 is 0 Å². The number of anilines is 1. The fourth-order valence-corrected chi connectivity index (χ4v) is 3.71. The van der Waals surface area contributed by atoms with E-state index in [1.54, 1.807) is 12.4 Å². The summed E-state index contributed by atoms with van der Waals surface area (Å²) in [6, 6.07) is 4.40. The number of rotatable bonds is 4. The predicted molar refractivity (Wildman–Crippen MR) is 103 cm³/mol. The predicted octanol–water partition coefficient (Wildman–Crippen LogP) is 2.63.